The molecule has 0 saturated carbocycles. The van der Waals surface area contributed by atoms with E-state index in [2.05, 4.69) is 15.4 Å². The Hall–Kier alpha value is -2.95. The van der Waals surface area contributed by atoms with Crippen LogP contribution in [0.25, 0.3) is 5.82 Å². The lowest BCUT2D eigenvalue weighted by molar-refractivity contribution is -0.117. The van der Waals surface area contributed by atoms with Gasteiger partial charge in [0.1, 0.15) is 0 Å². The summed E-state index contributed by atoms with van der Waals surface area (Å²) < 4.78 is 1.79. The Morgan fingerprint density at radius 3 is 2.48 bits per heavy atom. The van der Waals surface area contributed by atoms with Crippen LogP contribution >= 0.6 is 0 Å². The van der Waals surface area contributed by atoms with Crippen molar-refractivity contribution in [2.24, 2.45) is 0 Å². The molecule has 1 N–H and O–H groups in total. The van der Waals surface area contributed by atoms with Crippen LogP contribution in [-0.2, 0) is 4.79 Å². The first kappa shape index (κ1) is 16.9. The summed E-state index contributed by atoms with van der Waals surface area (Å²) >= 11 is 0. The van der Waals surface area contributed by atoms with Crippen LogP contribution in [0.15, 0.2) is 54.7 Å². The van der Waals surface area contributed by atoms with Gasteiger partial charge in [0, 0.05) is 5.69 Å². The Morgan fingerprint density at radius 2 is 1.92 bits per heavy atom. The van der Waals surface area contributed by atoms with Crippen molar-refractivity contribution in [2.45, 2.75) is 33.1 Å². The summed E-state index contributed by atoms with van der Waals surface area (Å²) in [6.45, 7) is 5.96. The van der Waals surface area contributed by atoms with Crippen LogP contribution < -0.4 is 5.32 Å². The molecule has 0 bridgehead atoms. The first-order valence-electron chi connectivity index (χ1n) is 8.44. The van der Waals surface area contributed by atoms with Crippen LogP contribution in [0.4, 0.5) is 5.69 Å². The molecule has 1 aromatic carbocycles. The number of hydrogen-bond donors (Lipinski definition) is 1. The highest BCUT2D eigenvalue weighted by molar-refractivity contribution is 5.95. The maximum absolute atomic E-state index is 12.6. The SMILES string of the molecule is CCC(C(=O)Nc1ccc(-n2nc(C)cc2C)nc1)c1ccccc1. The molecule has 25 heavy (non-hydrogen) atoms. The van der Waals surface area contributed by atoms with Gasteiger partial charge in [-0.3, -0.25) is 4.79 Å². The molecule has 5 heteroatoms. The molecule has 0 aliphatic rings. The smallest absolute Gasteiger partial charge is 0.231 e. The minimum Gasteiger partial charge on any atom is -0.324 e. The van der Waals surface area contributed by atoms with Crippen molar-refractivity contribution in [3.63, 3.8) is 0 Å². The fraction of sp³-hybridized carbons (Fsp3) is 0.250. The van der Waals surface area contributed by atoms with Crippen LogP contribution in [0, 0.1) is 13.8 Å². The second-order valence-electron chi connectivity index (χ2n) is 6.10. The lowest BCUT2D eigenvalue weighted by Crippen LogP contribution is -2.20. The largest absolute Gasteiger partial charge is 0.324 e. The highest BCUT2D eigenvalue weighted by atomic mass is 16.1. The number of anilines is 1. The van der Waals surface area contributed by atoms with E-state index in [-0.39, 0.29) is 11.8 Å². The molecular formula is C20H22N4O. The molecule has 3 aromatic rings. The molecule has 0 aliphatic carbocycles. The van der Waals surface area contributed by atoms with Crippen LogP contribution in [0.3, 0.4) is 0 Å². The molecule has 0 saturated heterocycles. The summed E-state index contributed by atoms with van der Waals surface area (Å²) in [6, 6.07) is 15.5. The first-order valence-corrected chi connectivity index (χ1v) is 8.44. The summed E-state index contributed by atoms with van der Waals surface area (Å²) in [7, 11) is 0. The van der Waals surface area contributed by atoms with Gasteiger partial charge in [0.25, 0.3) is 0 Å². The zero-order valence-corrected chi connectivity index (χ0v) is 14.7. The topological polar surface area (TPSA) is 59.8 Å². The Labute approximate surface area is 147 Å². The highest BCUT2D eigenvalue weighted by Crippen LogP contribution is 2.21. The van der Waals surface area contributed by atoms with E-state index >= 15 is 0 Å². The minimum atomic E-state index is -0.170. The van der Waals surface area contributed by atoms with E-state index in [0.717, 1.165) is 29.2 Å². The Kier molecular flexibility index (Phi) is 4.93. The monoisotopic (exact) mass is 334 g/mol. The van der Waals surface area contributed by atoms with Gasteiger partial charge in [-0.25, -0.2) is 9.67 Å². The van der Waals surface area contributed by atoms with Crippen molar-refractivity contribution in [3.05, 3.63) is 71.7 Å². The van der Waals surface area contributed by atoms with Gasteiger partial charge in [-0.2, -0.15) is 5.10 Å². The van der Waals surface area contributed by atoms with Gasteiger partial charge in [-0.15, -0.1) is 0 Å². The molecule has 2 aromatic heterocycles. The number of hydrogen-bond acceptors (Lipinski definition) is 3. The average Bonchev–Trinajstić information content (AvgIpc) is 2.95. The third kappa shape index (κ3) is 3.76. The van der Waals surface area contributed by atoms with Crippen molar-refractivity contribution >= 4 is 11.6 Å². The average molecular weight is 334 g/mol. The second kappa shape index (κ2) is 7.30. The van der Waals surface area contributed by atoms with Gasteiger partial charge in [0.2, 0.25) is 5.91 Å². The number of benzene rings is 1. The summed E-state index contributed by atoms with van der Waals surface area (Å²) in [5.74, 6) is 0.546. The quantitative estimate of drug-likeness (QED) is 0.767. The molecule has 5 nitrogen and oxygen atoms in total. The number of nitrogens with zero attached hydrogens (tertiary/aromatic N) is 3. The highest BCUT2D eigenvalue weighted by Gasteiger charge is 2.18. The van der Waals surface area contributed by atoms with Crippen LogP contribution in [0.2, 0.25) is 0 Å². The Balaban J connectivity index is 1.74. The number of aromatic nitrogens is 3. The van der Waals surface area contributed by atoms with E-state index in [4.69, 9.17) is 0 Å². The number of aryl methyl sites for hydroxylation is 2. The van der Waals surface area contributed by atoms with Crippen molar-refractivity contribution in [1.82, 2.24) is 14.8 Å². The number of nitrogens with one attached hydrogen (secondary N) is 1. The van der Waals surface area contributed by atoms with Crippen molar-refractivity contribution < 1.29 is 4.79 Å². The lowest BCUT2D eigenvalue weighted by Gasteiger charge is -2.15. The van der Waals surface area contributed by atoms with E-state index < -0.39 is 0 Å². The number of amides is 1. The zero-order chi connectivity index (χ0) is 17.8. The predicted molar refractivity (Wildman–Crippen MR) is 98.9 cm³/mol. The number of pyridine rings is 1. The fourth-order valence-electron chi connectivity index (χ4n) is 2.93. The van der Waals surface area contributed by atoms with Gasteiger partial charge >= 0.3 is 0 Å². The van der Waals surface area contributed by atoms with Gasteiger partial charge in [0.15, 0.2) is 5.82 Å². The van der Waals surface area contributed by atoms with E-state index in [1.807, 2.05) is 69.3 Å². The number of carbonyl (C=O) groups is 1. The molecule has 0 fully saturated rings. The molecule has 128 valence electrons. The normalized spacial score (nSPS) is 12.0. The molecule has 1 atom stereocenters. The second-order valence-corrected chi connectivity index (χ2v) is 6.10. The maximum Gasteiger partial charge on any atom is 0.231 e. The maximum atomic E-state index is 12.6. The molecule has 0 aliphatic heterocycles. The molecule has 1 amide bonds. The summed E-state index contributed by atoms with van der Waals surface area (Å²) in [4.78, 5) is 17.0. The van der Waals surface area contributed by atoms with E-state index in [1.165, 1.54) is 0 Å². The van der Waals surface area contributed by atoms with Crippen molar-refractivity contribution in [2.75, 3.05) is 5.32 Å². The van der Waals surface area contributed by atoms with Crippen molar-refractivity contribution in [3.8, 4) is 5.82 Å². The minimum absolute atomic E-state index is 0.0191. The number of rotatable bonds is 5. The summed E-state index contributed by atoms with van der Waals surface area (Å²) in [5, 5.41) is 7.38. The van der Waals surface area contributed by atoms with Crippen LogP contribution in [0.5, 0.6) is 0 Å². The van der Waals surface area contributed by atoms with Crippen molar-refractivity contribution in [1.29, 1.82) is 0 Å². The molecular weight excluding hydrogens is 312 g/mol. The zero-order valence-electron chi connectivity index (χ0n) is 14.7. The van der Waals surface area contributed by atoms with Gasteiger partial charge in [-0.1, -0.05) is 37.3 Å². The van der Waals surface area contributed by atoms with E-state index in [1.54, 1.807) is 10.9 Å². The molecule has 0 spiro atoms. The van der Waals surface area contributed by atoms with Gasteiger partial charge < -0.3 is 5.32 Å². The molecule has 0 radical (unpaired) electrons. The first-order chi connectivity index (χ1) is 12.1. The van der Waals surface area contributed by atoms with Gasteiger partial charge in [0.05, 0.1) is 23.5 Å². The molecule has 1 unspecified atom stereocenters. The van der Waals surface area contributed by atoms with Crippen LogP contribution in [-0.4, -0.2) is 20.7 Å². The summed E-state index contributed by atoms with van der Waals surface area (Å²) in [5.41, 5.74) is 3.68. The van der Waals surface area contributed by atoms with Crippen LogP contribution in [0.1, 0.15) is 36.2 Å². The fourth-order valence-corrected chi connectivity index (χ4v) is 2.93. The van der Waals surface area contributed by atoms with E-state index in [0.29, 0.717) is 5.69 Å². The lowest BCUT2D eigenvalue weighted by atomic mass is 9.95. The van der Waals surface area contributed by atoms with E-state index in [9.17, 15) is 4.79 Å². The Morgan fingerprint density at radius 1 is 1.16 bits per heavy atom. The molecule has 2 heterocycles. The third-order valence-electron chi connectivity index (χ3n) is 4.17. The third-order valence-corrected chi connectivity index (χ3v) is 4.17. The standard InChI is InChI=1S/C20H22N4O/c1-4-18(16-8-6-5-7-9-16)20(25)22-17-10-11-19(21-13-17)24-15(3)12-14(2)23-24/h5-13,18H,4H2,1-3H3,(H,22,25). The predicted octanol–water partition coefficient (Wildman–Crippen LogP) is 4.02. The van der Waals surface area contributed by atoms with Gasteiger partial charge in [-0.05, 0) is 44.0 Å². The Bertz CT molecular complexity index is 853. The number of carbonyl (C=O) groups excluding carboxylic acids is 1. The molecule has 3 rings (SSSR count). The summed E-state index contributed by atoms with van der Waals surface area (Å²) in [6.07, 6.45) is 2.41.